The summed E-state index contributed by atoms with van der Waals surface area (Å²) in [5.74, 6) is 0. The molecule has 1 aromatic rings. The molecule has 2 rings (SSSR count). The second-order valence-electron chi connectivity index (χ2n) is 4.73. The molecule has 0 bridgehead atoms. The van der Waals surface area contributed by atoms with Gasteiger partial charge in [-0.05, 0) is 37.8 Å². The zero-order valence-corrected chi connectivity index (χ0v) is 10.6. The summed E-state index contributed by atoms with van der Waals surface area (Å²) in [4.78, 5) is 4.33. The van der Waals surface area contributed by atoms with Crippen LogP contribution in [0.15, 0.2) is 24.4 Å². The second-order valence-corrected chi connectivity index (χ2v) is 4.73. The van der Waals surface area contributed by atoms with E-state index >= 15 is 0 Å². The van der Waals surface area contributed by atoms with Gasteiger partial charge in [-0.3, -0.25) is 4.98 Å². The van der Waals surface area contributed by atoms with Crippen molar-refractivity contribution in [2.45, 2.75) is 44.2 Å². The average Bonchev–Trinajstić information content (AvgIpc) is 2.41. The summed E-state index contributed by atoms with van der Waals surface area (Å²) in [7, 11) is 1.82. The van der Waals surface area contributed by atoms with Crippen LogP contribution in [0, 0.1) is 0 Å². The lowest BCUT2D eigenvalue weighted by Crippen LogP contribution is -2.36. The third-order valence-electron chi connectivity index (χ3n) is 3.55. The number of hydrogen-bond acceptors (Lipinski definition) is 3. The van der Waals surface area contributed by atoms with Gasteiger partial charge in [0, 0.05) is 38.0 Å². The van der Waals surface area contributed by atoms with Crippen LogP contribution >= 0.6 is 0 Å². The molecule has 0 aromatic carbocycles. The number of nitrogens with zero attached hydrogens (tertiary/aromatic N) is 1. The lowest BCUT2D eigenvalue weighted by Gasteiger charge is -2.28. The average molecular weight is 234 g/mol. The van der Waals surface area contributed by atoms with Gasteiger partial charge in [0.25, 0.3) is 0 Å². The first-order valence-electron chi connectivity index (χ1n) is 6.54. The van der Waals surface area contributed by atoms with E-state index in [2.05, 4.69) is 16.4 Å². The SMILES string of the molecule is COC1CCC(NCCc2ccccn2)CC1. The normalized spacial score (nSPS) is 24.8. The van der Waals surface area contributed by atoms with Crippen molar-refractivity contribution in [2.75, 3.05) is 13.7 Å². The van der Waals surface area contributed by atoms with Gasteiger partial charge in [-0.25, -0.2) is 0 Å². The zero-order valence-electron chi connectivity index (χ0n) is 10.6. The van der Waals surface area contributed by atoms with Crippen molar-refractivity contribution in [1.29, 1.82) is 0 Å². The Morgan fingerprint density at radius 2 is 2.12 bits per heavy atom. The van der Waals surface area contributed by atoms with Crippen molar-refractivity contribution < 1.29 is 4.74 Å². The predicted octanol–water partition coefficient (Wildman–Crippen LogP) is 2.17. The summed E-state index contributed by atoms with van der Waals surface area (Å²) in [6.45, 7) is 1.03. The molecule has 0 radical (unpaired) electrons. The quantitative estimate of drug-likeness (QED) is 0.848. The van der Waals surface area contributed by atoms with Crippen LogP contribution in [0.4, 0.5) is 0 Å². The molecular formula is C14H22N2O. The molecule has 0 amide bonds. The highest BCUT2D eigenvalue weighted by molar-refractivity contribution is 5.03. The molecule has 1 heterocycles. The fourth-order valence-corrected chi connectivity index (χ4v) is 2.45. The molecule has 1 aliphatic rings. The van der Waals surface area contributed by atoms with Crippen LogP contribution in [0.2, 0.25) is 0 Å². The van der Waals surface area contributed by atoms with Gasteiger partial charge in [-0.2, -0.15) is 0 Å². The maximum absolute atomic E-state index is 5.38. The second kappa shape index (κ2) is 6.72. The number of aromatic nitrogens is 1. The molecule has 1 N–H and O–H groups in total. The highest BCUT2D eigenvalue weighted by Gasteiger charge is 2.19. The molecule has 94 valence electrons. The Hall–Kier alpha value is -0.930. The minimum absolute atomic E-state index is 0.490. The van der Waals surface area contributed by atoms with Crippen molar-refractivity contribution >= 4 is 0 Å². The first-order valence-corrected chi connectivity index (χ1v) is 6.54. The topological polar surface area (TPSA) is 34.1 Å². The Bertz CT molecular complexity index is 307. The fourth-order valence-electron chi connectivity index (χ4n) is 2.45. The van der Waals surface area contributed by atoms with E-state index in [1.165, 1.54) is 31.4 Å². The van der Waals surface area contributed by atoms with Crippen LogP contribution in [0.3, 0.4) is 0 Å². The molecule has 0 saturated heterocycles. The number of hydrogen-bond donors (Lipinski definition) is 1. The Kier molecular flexibility index (Phi) is 4.95. The smallest absolute Gasteiger partial charge is 0.0572 e. The molecule has 0 unspecified atom stereocenters. The van der Waals surface area contributed by atoms with Crippen LogP contribution in [-0.2, 0) is 11.2 Å². The summed E-state index contributed by atoms with van der Waals surface area (Å²) in [6, 6.07) is 6.77. The van der Waals surface area contributed by atoms with E-state index in [1.807, 2.05) is 25.4 Å². The van der Waals surface area contributed by atoms with E-state index in [1.54, 1.807) is 0 Å². The van der Waals surface area contributed by atoms with Crippen molar-refractivity contribution in [1.82, 2.24) is 10.3 Å². The standard InChI is InChI=1S/C14H22N2O/c1-17-14-7-5-13(6-8-14)16-11-9-12-4-2-3-10-15-12/h2-4,10,13-14,16H,5-9,11H2,1H3. The highest BCUT2D eigenvalue weighted by Crippen LogP contribution is 2.20. The molecule has 0 spiro atoms. The van der Waals surface area contributed by atoms with E-state index in [-0.39, 0.29) is 0 Å². The summed E-state index contributed by atoms with van der Waals surface area (Å²) in [5, 5.41) is 3.62. The maximum Gasteiger partial charge on any atom is 0.0572 e. The summed E-state index contributed by atoms with van der Waals surface area (Å²) in [5.41, 5.74) is 1.17. The third-order valence-corrected chi connectivity index (χ3v) is 3.55. The zero-order chi connectivity index (χ0) is 11.9. The Labute approximate surface area is 104 Å². The van der Waals surface area contributed by atoms with E-state index in [4.69, 9.17) is 4.74 Å². The molecule has 1 saturated carbocycles. The number of methoxy groups -OCH3 is 1. The first kappa shape index (κ1) is 12.5. The van der Waals surface area contributed by atoms with Gasteiger partial charge in [-0.1, -0.05) is 6.07 Å². The largest absolute Gasteiger partial charge is 0.381 e. The van der Waals surface area contributed by atoms with E-state index in [0.29, 0.717) is 12.1 Å². The Morgan fingerprint density at radius 3 is 2.76 bits per heavy atom. The van der Waals surface area contributed by atoms with Crippen LogP contribution < -0.4 is 5.32 Å². The molecular weight excluding hydrogens is 212 g/mol. The molecule has 0 aliphatic heterocycles. The van der Waals surface area contributed by atoms with Gasteiger partial charge in [0.05, 0.1) is 6.10 Å². The fraction of sp³-hybridized carbons (Fsp3) is 0.643. The number of nitrogens with one attached hydrogen (secondary N) is 1. The lowest BCUT2D eigenvalue weighted by molar-refractivity contribution is 0.0626. The van der Waals surface area contributed by atoms with Crippen LogP contribution in [0.1, 0.15) is 31.4 Å². The number of rotatable bonds is 5. The van der Waals surface area contributed by atoms with Gasteiger partial charge >= 0.3 is 0 Å². The Morgan fingerprint density at radius 1 is 1.29 bits per heavy atom. The number of ether oxygens (including phenoxy) is 1. The maximum atomic E-state index is 5.38. The van der Waals surface area contributed by atoms with Crippen molar-refractivity contribution in [3.63, 3.8) is 0 Å². The van der Waals surface area contributed by atoms with E-state index in [9.17, 15) is 0 Å². The molecule has 1 aromatic heterocycles. The summed E-state index contributed by atoms with van der Waals surface area (Å²) in [6.07, 6.45) is 8.23. The van der Waals surface area contributed by atoms with Gasteiger partial charge in [0.15, 0.2) is 0 Å². The predicted molar refractivity (Wildman–Crippen MR) is 69.0 cm³/mol. The molecule has 1 fully saturated rings. The van der Waals surface area contributed by atoms with Crippen LogP contribution in [0.25, 0.3) is 0 Å². The minimum Gasteiger partial charge on any atom is -0.381 e. The first-order chi connectivity index (χ1) is 8.38. The van der Waals surface area contributed by atoms with Gasteiger partial charge in [0.2, 0.25) is 0 Å². The third kappa shape index (κ3) is 4.10. The molecule has 1 aliphatic carbocycles. The molecule has 17 heavy (non-hydrogen) atoms. The van der Waals surface area contributed by atoms with Crippen molar-refractivity contribution in [3.05, 3.63) is 30.1 Å². The van der Waals surface area contributed by atoms with E-state index in [0.717, 1.165) is 13.0 Å². The van der Waals surface area contributed by atoms with Crippen molar-refractivity contribution in [2.24, 2.45) is 0 Å². The minimum atomic E-state index is 0.490. The molecule has 3 heteroatoms. The number of pyridine rings is 1. The highest BCUT2D eigenvalue weighted by atomic mass is 16.5. The molecule has 3 nitrogen and oxygen atoms in total. The summed E-state index contributed by atoms with van der Waals surface area (Å²) >= 11 is 0. The molecule has 0 atom stereocenters. The monoisotopic (exact) mass is 234 g/mol. The van der Waals surface area contributed by atoms with E-state index < -0.39 is 0 Å². The van der Waals surface area contributed by atoms with Crippen molar-refractivity contribution in [3.8, 4) is 0 Å². The van der Waals surface area contributed by atoms with Gasteiger partial charge in [-0.15, -0.1) is 0 Å². The van der Waals surface area contributed by atoms with Crippen LogP contribution in [0.5, 0.6) is 0 Å². The van der Waals surface area contributed by atoms with Gasteiger partial charge in [0.1, 0.15) is 0 Å². The van der Waals surface area contributed by atoms with Gasteiger partial charge < -0.3 is 10.1 Å². The van der Waals surface area contributed by atoms with Crippen LogP contribution in [-0.4, -0.2) is 30.8 Å². The Balaban J connectivity index is 1.63. The summed E-state index contributed by atoms with van der Waals surface area (Å²) < 4.78 is 5.38. The lowest BCUT2D eigenvalue weighted by atomic mass is 9.93.